The third kappa shape index (κ3) is 7.20. The first kappa shape index (κ1) is 22.3. The molecule has 0 spiro atoms. The first-order valence-corrected chi connectivity index (χ1v) is 8.98. The lowest BCUT2D eigenvalue weighted by molar-refractivity contribution is -0.143. The maximum absolute atomic E-state index is 11.8. The minimum absolute atomic E-state index is 0.0988. The SMILES string of the molecule is COc1ccc(CNC(=O)COC(=O)/C=C/c2ccc(OCC#N)c(OC)c2)cc1. The monoisotopic (exact) mass is 410 g/mol. The molecule has 0 unspecified atom stereocenters. The lowest BCUT2D eigenvalue weighted by Gasteiger charge is -2.08. The number of methoxy groups -OCH3 is 2. The van der Waals surface area contributed by atoms with Crippen molar-refractivity contribution in [2.75, 3.05) is 27.4 Å². The van der Waals surface area contributed by atoms with E-state index in [4.69, 9.17) is 24.2 Å². The van der Waals surface area contributed by atoms with Gasteiger partial charge in [0.25, 0.3) is 5.91 Å². The highest BCUT2D eigenvalue weighted by molar-refractivity contribution is 5.89. The molecule has 8 heteroatoms. The second-order valence-electron chi connectivity index (χ2n) is 5.92. The fourth-order valence-electron chi connectivity index (χ4n) is 2.36. The van der Waals surface area contributed by atoms with Crippen molar-refractivity contribution in [2.45, 2.75) is 6.54 Å². The smallest absolute Gasteiger partial charge is 0.331 e. The molecule has 2 aromatic carbocycles. The van der Waals surface area contributed by atoms with Gasteiger partial charge in [0.1, 0.15) is 11.8 Å². The molecule has 0 fully saturated rings. The third-order valence-corrected chi connectivity index (χ3v) is 3.89. The van der Waals surface area contributed by atoms with Gasteiger partial charge in [-0.15, -0.1) is 0 Å². The molecule has 2 rings (SSSR count). The maximum Gasteiger partial charge on any atom is 0.331 e. The van der Waals surface area contributed by atoms with E-state index in [2.05, 4.69) is 5.32 Å². The molecular formula is C22H22N2O6. The summed E-state index contributed by atoms with van der Waals surface area (Å²) in [5.74, 6) is 0.519. The van der Waals surface area contributed by atoms with Crippen molar-refractivity contribution >= 4 is 18.0 Å². The predicted molar refractivity (Wildman–Crippen MR) is 109 cm³/mol. The Hall–Kier alpha value is -3.99. The Kier molecular flexibility index (Phi) is 8.74. The van der Waals surface area contributed by atoms with Crippen LogP contribution in [0.4, 0.5) is 0 Å². The van der Waals surface area contributed by atoms with Crippen LogP contribution in [0.1, 0.15) is 11.1 Å². The van der Waals surface area contributed by atoms with Crippen LogP contribution in [-0.2, 0) is 20.9 Å². The lowest BCUT2D eigenvalue weighted by Crippen LogP contribution is -2.28. The summed E-state index contributed by atoms with van der Waals surface area (Å²) < 4.78 is 20.4. The normalized spacial score (nSPS) is 10.2. The standard InChI is InChI=1S/C22H22N2O6/c1-27-18-7-3-17(4-8-18)14-24-21(25)15-30-22(26)10-6-16-5-9-19(29-12-11-23)20(13-16)28-2/h3-10,13H,12,14-15H2,1-2H3,(H,24,25)/b10-6+. The average molecular weight is 410 g/mol. The van der Waals surface area contributed by atoms with Crippen LogP contribution in [0.25, 0.3) is 6.08 Å². The summed E-state index contributed by atoms with van der Waals surface area (Å²) in [5.41, 5.74) is 1.56. The van der Waals surface area contributed by atoms with E-state index in [9.17, 15) is 9.59 Å². The van der Waals surface area contributed by atoms with Gasteiger partial charge in [-0.1, -0.05) is 18.2 Å². The Morgan fingerprint density at radius 2 is 1.83 bits per heavy atom. The summed E-state index contributed by atoms with van der Waals surface area (Å²) in [6.45, 7) is -0.168. The van der Waals surface area contributed by atoms with E-state index < -0.39 is 11.9 Å². The van der Waals surface area contributed by atoms with Crippen LogP contribution in [-0.4, -0.2) is 39.3 Å². The van der Waals surface area contributed by atoms with Crippen molar-refractivity contribution in [3.05, 3.63) is 59.7 Å². The molecule has 8 nitrogen and oxygen atoms in total. The van der Waals surface area contributed by atoms with Crippen molar-refractivity contribution in [3.63, 3.8) is 0 Å². The number of amides is 1. The highest BCUT2D eigenvalue weighted by Crippen LogP contribution is 2.28. The molecule has 0 aliphatic carbocycles. The van der Waals surface area contributed by atoms with E-state index in [0.717, 1.165) is 11.3 Å². The number of nitriles is 1. The molecule has 0 aromatic heterocycles. The van der Waals surface area contributed by atoms with E-state index in [1.165, 1.54) is 19.3 Å². The minimum Gasteiger partial charge on any atom is -0.497 e. The number of carbonyl (C=O) groups excluding carboxylic acids is 2. The summed E-state index contributed by atoms with van der Waals surface area (Å²) in [6, 6.07) is 14.1. The highest BCUT2D eigenvalue weighted by atomic mass is 16.5. The maximum atomic E-state index is 11.8. The van der Waals surface area contributed by atoms with Gasteiger partial charge in [0, 0.05) is 12.6 Å². The van der Waals surface area contributed by atoms with Gasteiger partial charge in [0.15, 0.2) is 24.7 Å². The Morgan fingerprint density at radius 1 is 1.07 bits per heavy atom. The van der Waals surface area contributed by atoms with E-state index in [-0.39, 0.29) is 13.2 Å². The van der Waals surface area contributed by atoms with Gasteiger partial charge >= 0.3 is 5.97 Å². The van der Waals surface area contributed by atoms with Gasteiger partial charge in [-0.05, 0) is 41.5 Å². The number of carbonyl (C=O) groups is 2. The molecule has 0 aliphatic heterocycles. The highest BCUT2D eigenvalue weighted by Gasteiger charge is 2.07. The zero-order valence-electron chi connectivity index (χ0n) is 16.7. The molecule has 0 heterocycles. The molecule has 0 radical (unpaired) electrons. The topological polar surface area (TPSA) is 107 Å². The van der Waals surface area contributed by atoms with E-state index in [1.807, 2.05) is 18.2 Å². The zero-order valence-corrected chi connectivity index (χ0v) is 16.7. The van der Waals surface area contributed by atoms with Crippen molar-refractivity contribution in [2.24, 2.45) is 0 Å². The zero-order chi connectivity index (χ0) is 21.8. The van der Waals surface area contributed by atoms with Crippen LogP contribution in [0, 0.1) is 11.3 Å². The number of ether oxygens (including phenoxy) is 4. The van der Waals surface area contributed by atoms with Crippen LogP contribution in [0.3, 0.4) is 0 Å². The molecule has 156 valence electrons. The third-order valence-electron chi connectivity index (χ3n) is 3.89. The predicted octanol–water partition coefficient (Wildman–Crippen LogP) is 2.48. The van der Waals surface area contributed by atoms with E-state index >= 15 is 0 Å². The summed E-state index contributed by atoms with van der Waals surface area (Å²) in [4.78, 5) is 23.7. The van der Waals surface area contributed by atoms with Crippen LogP contribution in [0.15, 0.2) is 48.5 Å². The van der Waals surface area contributed by atoms with Gasteiger partial charge < -0.3 is 24.3 Å². The van der Waals surface area contributed by atoms with Crippen LogP contribution in [0.5, 0.6) is 17.2 Å². The number of esters is 1. The van der Waals surface area contributed by atoms with Gasteiger partial charge in [0.2, 0.25) is 0 Å². The molecule has 0 atom stereocenters. The quantitative estimate of drug-likeness (QED) is 0.474. The number of rotatable bonds is 10. The van der Waals surface area contributed by atoms with Crippen LogP contribution >= 0.6 is 0 Å². The number of hydrogen-bond acceptors (Lipinski definition) is 7. The molecule has 0 saturated heterocycles. The average Bonchev–Trinajstić information content (AvgIpc) is 2.79. The van der Waals surface area contributed by atoms with Crippen LogP contribution < -0.4 is 19.5 Å². The molecule has 0 aliphatic rings. The number of benzene rings is 2. The number of nitrogens with one attached hydrogen (secondary N) is 1. The van der Waals surface area contributed by atoms with Crippen molar-refractivity contribution < 1.29 is 28.5 Å². The Morgan fingerprint density at radius 3 is 2.50 bits per heavy atom. The van der Waals surface area contributed by atoms with E-state index in [0.29, 0.717) is 23.6 Å². The van der Waals surface area contributed by atoms with Gasteiger partial charge in [-0.25, -0.2) is 4.79 Å². The molecular weight excluding hydrogens is 388 g/mol. The van der Waals surface area contributed by atoms with E-state index in [1.54, 1.807) is 37.4 Å². The lowest BCUT2D eigenvalue weighted by atomic mass is 10.2. The minimum atomic E-state index is -0.654. The first-order valence-electron chi connectivity index (χ1n) is 8.98. The summed E-state index contributed by atoms with van der Waals surface area (Å²) >= 11 is 0. The summed E-state index contributed by atoms with van der Waals surface area (Å²) in [6.07, 6.45) is 2.73. The molecule has 1 N–H and O–H groups in total. The van der Waals surface area contributed by atoms with Gasteiger partial charge in [-0.2, -0.15) is 5.26 Å². The first-order chi connectivity index (χ1) is 14.5. The summed E-state index contributed by atoms with van der Waals surface area (Å²) in [7, 11) is 3.05. The molecule has 0 bridgehead atoms. The van der Waals surface area contributed by atoms with Gasteiger partial charge in [-0.3, -0.25) is 4.79 Å². The second-order valence-corrected chi connectivity index (χ2v) is 5.92. The van der Waals surface area contributed by atoms with Gasteiger partial charge in [0.05, 0.1) is 14.2 Å². The van der Waals surface area contributed by atoms with Crippen molar-refractivity contribution in [3.8, 4) is 23.3 Å². The Bertz CT molecular complexity index is 932. The number of hydrogen-bond donors (Lipinski definition) is 1. The molecule has 0 saturated carbocycles. The van der Waals surface area contributed by atoms with Crippen molar-refractivity contribution in [1.82, 2.24) is 5.32 Å². The fraction of sp³-hybridized carbons (Fsp3) is 0.227. The van der Waals surface area contributed by atoms with Crippen LogP contribution in [0.2, 0.25) is 0 Å². The largest absolute Gasteiger partial charge is 0.497 e. The Balaban J connectivity index is 1.79. The fourth-order valence-corrected chi connectivity index (χ4v) is 2.36. The number of nitrogens with zero attached hydrogens (tertiary/aromatic N) is 1. The molecule has 2 aromatic rings. The molecule has 30 heavy (non-hydrogen) atoms. The molecule has 1 amide bonds. The Labute approximate surface area is 174 Å². The second kappa shape index (κ2) is 11.8. The summed E-state index contributed by atoms with van der Waals surface area (Å²) in [5, 5.41) is 11.2. The van der Waals surface area contributed by atoms with Crippen molar-refractivity contribution in [1.29, 1.82) is 5.26 Å².